The molecule has 0 unspecified atom stereocenters. The van der Waals surface area contributed by atoms with Crippen molar-refractivity contribution >= 4 is 17.2 Å². The Morgan fingerprint density at radius 2 is 2.21 bits per heavy atom. The molecule has 2 heterocycles. The van der Waals surface area contributed by atoms with Crippen LogP contribution in [0.2, 0.25) is 5.15 Å². The molecule has 1 aromatic heterocycles. The molecule has 0 atom stereocenters. The van der Waals surface area contributed by atoms with Gasteiger partial charge in [0.15, 0.2) is 0 Å². The summed E-state index contributed by atoms with van der Waals surface area (Å²) in [5.74, 6) is 0. The first kappa shape index (κ1) is 9.62. The van der Waals surface area contributed by atoms with Crippen molar-refractivity contribution < 1.29 is 0 Å². The normalized spacial score (nSPS) is 18.0. The first-order chi connectivity index (χ1) is 6.75. The minimum Gasteiger partial charge on any atom is -0.302 e. The van der Waals surface area contributed by atoms with Gasteiger partial charge in [-0.25, -0.2) is 4.98 Å². The summed E-state index contributed by atoms with van der Waals surface area (Å²) in [4.78, 5) is 10.5. The van der Waals surface area contributed by atoms with E-state index in [0.29, 0.717) is 5.15 Å². The van der Waals surface area contributed by atoms with Gasteiger partial charge in [-0.1, -0.05) is 17.7 Å². The molecule has 0 saturated heterocycles. The smallest absolute Gasteiger partial charge is 0.147 e. The van der Waals surface area contributed by atoms with E-state index in [1.165, 1.54) is 5.57 Å². The van der Waals surface area contributed by atoms with Crippen LogP contribution in [0.15, 0.2) is 18.5 Å². The summed E-state index contributed by atoms with van der Waals surface area (Å²) < 4.78 is 0. The molecule has 0 N–H and O–H groups in total. The molecule has 0 amide bonds. The zero-order chi connectivity index (χ0) is 9.97. The summed E-state index contributed by atoms with van der Waals surface area (Å²) in [6.07, 6.45) is 6.56. The molecule has 1 aliphatic rings. The number of aromatic nitrogens is 2. The van der Waals surface area contributed by atoms with Gasteiger partial charge in [0.05, 0.1) is 18.1 Å². The Bertz CT molecular complexity index is 345. The standard InChI is InChI=1S/C10H12ClN3/c1-14-4-2-8(3-5-14)9-6-13-10(11)7-12-9/h2,6-7H,3-5H2,1H3. The van der Waals surface area contributed by atoms with Gasteiger partial charge >= 0.3 is 0 Å². The number of halogens is 1. The molecule has 74 valence electrons. The summed E-state index contributed by atoms with van der Waals surface area (Å²) >= 11 is 5.67. The highest BCUT2D eigenvalue weighted by Gasteiger charge is 2.10. The summed E-state index contributed by atoms with van der Waals surface area (Å²) in [6, 6.07) is 0. The molecule has 0 fully saturated rings. The van der Waals surface area contributed by atoms with E-state index in [4.69, 9.17) is 11.6 Å². The van der Waals surface area contributed by atoms with Gasteiger partial charge in [-0.2, -0.15) is 0 Å². The Morgan fingerprint density at radius 3 is 2.79 bits per heavy atom. The van der Waals surface area contributed by atoms with Crippen LogP contribution in [-0.4, -0.2) is 35.0 Å². The van der Waals surface area contributed by atoms with Crippen molar-refractivity contribution in [3.63, 3.8) is 0 Å². The van der Waals surface area contributed by atoms with Crippen molar-refractivity contribution in [3.8, 4) is 0 Å². The SMILES string of the molecule is CN1CC=C(c2cnc(Cl)cn2)CC1. The van der Waals surface area contributed by atoms with Crippen molar-refractivity contribution in [1.29, 1.82) is 0 Å². The van der Waals surface area contributed by atoms with Crippen LogP contribution in [0.1, 0.15) is 12.1 Å². The maximum atomic E-state index is 5.67. The molecule has 14 heavy (non-hydrogen) atoms. The average molecular weight is 210 g/mol. The average Bonchev–Trinajstić information content (AvgIpc) is 2.21. The maximum Gasteiger partial charge on any atom is 0.147 e. The van der Waals surface area contributed by atoms with Crippen molar-refractivity contribution in [2.75, 3.05) is 20.1 Å². The molecule has 4 heteroatoms. The Kier molecular flexibility index (Phi) is 2.79. The van der Waals surface area contributed by atoms with Crippen LogP contribution in [0.4, 0.5) is 0 Å². The van der Waals surface area contributed by atoms with Gasteiger partial charge in [0, 0.05) is 13.1 Å². The molecule has 0 radical (unpaired) electrons. The van der Waals surface area contributed by atoms with Crippen LogP contribution in [0.3, 0.4) is 0 Å². The number of rotatable bonds is 1. The monoisotopic (exact) mass is 209 g/mol. The van der Waals surface area contributed by atoms with E-state index in [-0.39, 0.29) is 0 Å². The highest BCUT2D eigenvalue weighted by atomic mass is 35.5. The molecule has 1 aliphatic heterocycles. The lowest BCUT2D eigenvalue weighted by Gasteiger charge is -2.21. The highest BCUT2D eigenvalue weighted by Crippen LogP contribution is 2.19. The number of hydrogen-bond acceptors (Lipinski definition) is 3. The Balaban J connectivity index is 2.19. The molecule has 3 nitrogen and oxygen atoms in total. The summed E-state index contributed by atoms with van der Waals surface area (Å²) in [5.41, 5.74) is 2.22. The van der Waals surface area contributed by atoms with Crippen molar-refractivity contribution in [1.82, 2.24) is 14.9 Å². The van der Waals surface area contributed by atoms with Crippen LogP contribution in [0.25, 0.3) is 5.57 Å². The first-order valence-corrected chi connectivity index (χ1v) is 4.99. The minimum absolute atomic E-state index is 0.447. The molecule has 2 rings (SSSR count). The predicted octanol–water partition coefficient (Wildman–Crippen LogP) is 1.85. The van der Waals surface area contributed by atoms with Crippen molar-refractivity contribution in [2.45, 2.75) is 6.42 Å². The Labute approximate surface area is 88.4 Å². The van der Waals surface area contributed by atoms with Crippen molar-refractivity contribution in [2.24, 2.45) is 0 Å². The third kappa shape index (κ3) is 2.11. The van der Waals surface area contributed by atoms with Crippen LogP contribution >= 0.6 is 11.6 Å². The van der Waals surface area contributed by atoms with Crippen LogP contribution in [-0.2, 0) is 0 Å². The quantitative estimate of drug-likeness (QED) is 0.707. The largest absolute Gasteiger partial charge is 0.302 e. The topological polar surface area (TPSA) is 29.0 Å². The fraction of sp³-hybridized carbons (Fsp3) is 0.400. The van der Waals surface area contributed by atoms with Gasteiger partial charge in [-0.3, -0.25) is 4.98 Å². The van der Waals surface area contributed by atoms with E-state index in [2.05, 4.69) is 28.0 Å². The second-order valence-corrected chi connectivity index (χ2v) is 3.85. The number of likely N-dealkylation sites (N-methyl/N-ethyl adjacent to an activating group) is 1. The predicted molar refractivity (Wildman–Crippen MR) is 57.1 cm³/mol. The third-order valence-electron chi connectivity index (χ3n) is 2.36. The minimum atomic E-state index is 0.447. The zero-order valence-electron chi connectivity index (χ0n) is 8.07. The van der Waals surface area contributed by atoms with Gasteiger partial charge in [0.1, 0.15) is 5.15 Å². The summed E-state index contributed by atoms with van der Waals surface area (Å²) in [7, 11) is 2.11. The second kappa shape index (κ2) is 4.07. The lowest BCUT2D eigenvalue weighted by Crippen LogP contribution is -2.23. The maximum absolute atomic E-state index is 5.67. The lowest BCUT2D eigenvalue weighted by atomic mass is 10.1. The number of nitrogens with zero attached hydrogens (tertiary/aromatic N) is 3. The van der Waals surface area contributed by atoms with E-state index in [0.717, 1.165) is 25.2 Å². The molecule has 0 aliphatic carbocycles. The lowest BCUT2D eigenvalue weighted by molar-refractivity contribution is 0.369. The molecule has 1 aromatic rings. The highest BCUT2D eigenvalue weighted by molar-refractivity contribution is 6.29. The van der Waals surface area contributed by atoms with E-state index in [1.807, 2.05) is 0 Å². The fourth-order valence-corrected chi connectivity index (χ4v) is 1.58. The van der Waals surface area contributed by atoms with Crippen LogP contribution < -0.4 is 0 Å². The first-order valence-electron chi connectivity index (χ1n) is 4.61. The van der Waals surface area contributed by atoms with E-state index < -0.39 is 0 Å². The van der Waals surface area contributed by atoms with Gasteiger partial charge in [-0.05, 0) is 19.0 Å². The van der Waals surface area contributed by atoms with Gasteiger partial charge in [0.25, 0.3) is 0 Å². The second-order valence-electron chi connectivity index (χ2n) is 3.47. The van der Waals surface area contributed by atoms with E-state index in [9.17, 15) is 0 Å². The molecule has 0 spiro atoms. The Hall–Kier alpha value is -0.930. The third-order valence-corrected chi connectivity index (χ3v) is 2.56. The molecular formula is C10H12ClN3. The summed E-state index contributed by atoms with van der Waals surface area (Å²) in [6.45, 7) is 2.07. The number of hydrogen-bond donors (Lipinski definition) is 0. The van der Waals surface area contributed by atoms with Gasteiger partial charge in [0.2, 0.25) is 0 Å². The molecule has 0 bridgehead atoms. The fourth-order valence-electron chi connectivity index (χ4n) is 1.48. The molecular weight excluding hydrogens is 198 g/mol. The molecule has 0 aromatic carbocycles. The Morgan fingerprint density at radius 1 is 1.36 bits per heavy atom. The van der Waals surface area contributed by atoms with Gasteiger partial charge < -0.3 is 4.90 Å². The van der Waals surface area contributed by atoms with E-state index in [1.54, 1.807) is 12.4 Å². The van der Waals surface area contributed by atoms with Gasteiger partial charge in [-0.15, -0.1) is 0 Å². The van der Waals surface area contributed by atoms with Crippen LogP contribution in [0, 0.1) is 0 Å². The van der Waals surface area contributed by atoms with Crippen molar-refractivity contribution in [3.05, 3.63) is 29.3 Å². The molecule has 0 saturated carbocycles. The van der Waals surface area contributed by atoms with E-state index >= 15 is 0 Å². The van der Waals surface area contributed by atoms with Crippen LogP contribution in [0.5, 0.6) is 0 Å². The summed E-state index contributed by atoms with van der Waals surface area (Å²) in [5, 5.41) is 0.447. The zero-order valence-corrected chi connectivity index (χ0v) is 8.83.